The molecular weight excluding hydrogens is 219 g/mol. The van der Waals surface area contributed by atoms with Crippen molar-refractivity contribution in [2.45, 2.75) is 11.8 Å². The summed E-state index contributed by atoms with van der Waals surface area (Å²) in [6, 6.07) is 3.52. The normalized spacial score (nSPS) is 11.9. The molecule has 0 aliphatic carbocycles. The van der Waals surface area contributed by atoms with Crippen LogP contribution in [0.15, 0.2) is 34.6 Å². The van der Waals surface area contributed by atoms with Crippen molar-refractivity contribution >= 4 is 9.84 Å². The lowest BCUT2D eigenvalue weighted by molar-refractivity contribution is 0.385. The van der Waals surface area contributed by atoms with E-state index in [-0.39, 0.29) is 10.6 Å². The van der Waals surface area contributed by atoms with Crippen LogP contribution >= 0.6 is 0 Å². The second kappa shape index (κ2) is 4.44. The van der Waals surface area contributed by atoms with E-state index in [1.807, 2.05) is 0 Å². The van der Waals surface area contributed by atoms with E-state index in [0.29, 0.717) is 0 Å². The third kappa shape index (κ3) is 2.56. The molecule has 0 unspecified atom stereocenters. The van der Waals surface area contributed by atoms with Crippen molar-refractivity contribution in [2.75, 3.05) is 7.11 Å². The number of hydrogen-bond acceptors (Lipinski definition) is 3. The Balaban J connectivity index is 3.25. The van der Waals surface area contributed by atoms with Crippen LogP contribution in [0.1, 0.15) is 6.92 Å². The van der Waals surface area contributed by atoms with Gasteiger partial charge in [0.25, 0.3) is 0 Å². The number of sulfone groups is 1. The average molecular weight is 230 g/mol. The van der Waals surface area contributed by atoms with Gasteiger partial charge in [-0.25, -0.2) is 12.8 Å². The summed E-state index contributed by atoms with van der Waals surface area (Å²) in [4.78, 5) is -0.0844. The lowest BCUT2D eigenvalue weighted by Crippen LogP contribution is -1.98. The Morgan fingerprint density at radius 1 is 1.40 bits per heavy atom. The summed E-state index contributed by atoms with van der Waals surface area (Å²) in [5.41, 5.74) is 0. The molecule has 15 heavy (non-hydrogen) atoms. The first-order chi connectivity index (χ1) is 7.01. The van der Waals surface area contributed by atoms with E-state index in [2.05, 4.69) is 4.74 Å². The Morgan fingerprint density at radius 2 is 2.07 bits per heavy atom. The standard InChI is InChI=1S/C10H11FO3S/c1-3-6-15(12,13)8-4-5-10(14-2)9(11)7-8/h3-7H,1-2H3/b6-3+. The van der Waals surface area contributed by atoms with Crippen LogP contribution < -0.4 is 4.74 Å². The number of hydrogen-bond donors (Lipinski definition) is 0. The molecule has 0 aliphatic heterocycles. The molecule has 0 heterocycles. The van der Waals surface area contributed by atoms with Crippen LogP contribution in [0.4, 0.5) is 4.39 Å². The predicted octanol–water partition coefficient (Wildman–Crippen LogP) is 2.14. The number of halogens is 1. The number of allylic oxidation sites excluding steroid dienone is 1. The van der Waals surface area contributed by atoms with Crippen molar-refractivity contribution in [2.24, 2.45) is 0 Å². The number of methoxy groups -OCH3 is 1. The summed E-state index contributed by atoms with van der Waals surface area (Å²) < 4.78 is 40.9. The van der Waals surface area contributed by atoms with E-state index in [9.17, 15) is 12.8 Å². The van der Waals surface area contributed by atoms with Gasteiger partial charge in [-0.1, -0.05) is 6.08 Å². The fourth-order valence-electron chi connectivity index (χ4n) is 1.08. The molecule has 0 fully saturated rings. The van der Waals surface area contributed by atoms with Crippen LogP contribution in [0.5, 0.6) is 5.75 Å². The van der Waals surface area contributed by atoms with Gasteiger partial charge in [0.15, 0.2) is 21.4 Å². The summed E-state index contributed by atoms with van der Waals surface area (Å²) in [5, 5.41) is 1.02. The van der Waals surface area contributed by atoms with Gasteiger partial charge >= 0.3 is 0 Å². The van der Waals surface area contributed by atoms with Gasteiger partial charge in [-0.05, 0) is 25.1 Å². The molecule has 0 spiro atoms. The zero-order valence-corrected chi connectivity index (χ0v) is 9.21. The van der Waals surface area contributed by atoms with Gasteiger partial charge < -0.3 is 4.74 Å². The molecule has 0 atom stereocenters. The lowest BCUT2D eigenvalue weighted by Gasteiger charge is -2.03. The molecule has 1 aromatic rings. The zero-order valence-electron chi connectivity index (χ0n) is 8.40. The number of rotatable bonds is 3. The van der Waals surface area contributed by atoms with Crippen LogP contribution in [0.25, 0.3) is 0 Å². The summed E-state index contributed by atoms with van der Waals surface area (Å²) in [5.74, 6) is -0.669. The smallest absolute Gasteiger partial charge is 0.199 e. The van der Waals surface area contributed by atoms with Crippen molar-refractivity contribution in [1.82, 2.24) is 0 Å². The minimum absolute atomic E-state index is 0.0226. The SMILES string of the molecule is C/C=C/S(=O)(=O)c1ccc(OC)c(F)c1. The average Bonchev–Trinajstić information content (AvgIpc) is 2.17. The monoisotopic (exact) mass is 230 g/mol. The minimum atomic E-state index is -3.53. The van der Waals surface area contributed by atoms with Gasteiger partial charge in [0.1, 0.15) is 0 Å². The lowest BCUT2D eigenvalue weighted by atomic mass is 10.3. The predicted molar refractivity (Wildman–Crippen MR) is 55.0 cm³/mol. The quantitative estimate of drug-likeness (QED) is 0.799. The van der Waals surface area contributed by atoms with Crippen molar-refractivity contribution in [3.05, 3.63) is 35.5 Å². The van der Waals surface area contributed by atoms with E-state index >= 15 is 0 Å². The first kappa shape index (κ1) is 11.7. The Hall–Kier alpha value is -1.36. The van der Waals surface area contributed by atoms with Crippen molar-refractivity contribution in [1.29, 1.82) is 0 Å². The molecule has 1 rings (SSSR count). The van der Waals surface area contributed by atoms with Crippen molar-refractivity contribution < 1.29 is 17.5 Å². The Kier molecular flexibility index (Phi) is 3.47. The molecular formula is C10H11FO3S. The molecule has 82 valence electrons. The highest BCUT2D eigenvalue weighted by atomic mass is 32.2. The van der Waals surface area contributed by atoms with Crippen LogP contribution in [-0.4, -0.2) is 15.5 Å². The van der Waals surface area contributed by atoms with Crippen LogP contribution in [0.3, 0.4) is 0 Å². The molecule has 0 saturated heterocycles. The Morgan fingerprint density at radius 3 is 2.53 bits per heavy atom. The highest BCUT2D eigenvalue weighted by Gasteiger charge is 2.13. The molecule has 0 amide bonds. The third-order valence-corrected chi connectivity index (χ3v) is 3.31. The maximum Gasteiger partial charge on any atom is 0.199 e. The first-order valence-electron chi connectivity index (χ1n) is 4.22. The molecule has 0 bridgehead atoms. The summed E-state index contributed by atoms with van der Waals surface area (Å²) in [6.07, 6.45) is 1.39. The van der Waals surface area contributed by atoms with Gasteiger partial charge in [0, 0.05) is 5.41 Å². The molecule has 0 N–H and O–H groups in total. The molecule has 0 aromatic heterocycles. The highest BCUT2D eigenvalue weighted by molar-refractivity contribution is 7.94. The van der Waals surface area contributed by atoms with Crippen molar-refractivity contribution in [3.8, 4) is 5.75 Å². The topological polar surface area (TPSA) is 43.4 Å². The zero-order chi connectivity index (χ0) is 11.5. The van der Waals surface area contributed by atoms with Gasteiger partial charge in [0.2, 0.25) is 0 Å². The van der Waals surface area contributed by atoms with E-state index in [1.54, 1.807) is 6.92 Å². The second-order valence-corrected chi connectivity index (χ2v) is 4.64. The van der Waals surface area contributed by atoms with E-state index in [4.69, 9.17) is 0 Å². The summed E-state index contributed by atoms with van der Waals surface area (Å²) in [7, 11) is -2.22. The Labute approximate surface area is 88.1 Å². The maximum absolute atomic E-state index is 13.2. The largest absolute Gasteiger partial charge is 0.494 e. The van der Waals surface area contributed by atoms with Gasteiger partial charge in [-0.3, -0.25) is 0 Å². The molecule has 0 radical (unpaired) electrons. The second-order valence-electron chi connectivity index (χ2n) is 2.81. The minimum Gasteiger partial charge on any atom is -0.494 e. The maximum atomic E-state index is 13.2. The van der Waals surface area contributed by atoms with E-state index < -0.39 is 15.7 Å². The molecule has 5 heteroatoms. The van der Waals surface area contributed by atoms with E-state index in [1.165, 1.54) is 25.3 Å². The van der Waals surface area contributed by atoms with Crippen LogP contribution in [0.2, 0.25) is 0 Å². The molecule has 3 nitrogen and oxygen atoms in total. The van der Waals surface area contributed by atoms with E-state index in [0.717, 1.165) is 11.5 Å². The molecule has 0 saturated carbocycles. The van der Waals surface area contributed by atoms with Crippen molar-refractivity contribution in [3.63, 3.8) is 0 Å². The summed E-state index contributed by atoms with van der Waals surface area (Å²) >= 11 is 0. The van der Waals surface area contributed by atoms with Gasteiger partial charge in [-0.2, -0.15) is 0 Å². The number of benzene rings is 1. The van der Waals surface area contributed by atoms with Crippen LogP contribution in [0, 0.1) is 5.82 Å². The van der Waals surface area contributed by atoms with Crippen LogP contribution in [-0.2, 0) is 9.84 Å². The summed E-state index contributed by atoms with van der Waals surface area (Å²) in [6.45, 7) is 1.58. The fraction of sp³-hybridized carbons (Fsp3) is 0.200. The van der Waals surface area contributed by atoms with Gasteiger partial charge in [0.05, 0.1) is 12.0 Å². The highest BCUT2D eigenvalue weighted by Crippen LogP contribution is 2.21. The molecule has 0 aliphatic rings. The van der Waals surface area contributed by atoms with Gasteiger partial charge in [-0.15, -0.1) is 0 Å². The third-order valence-electron chi connectivity index (χ3n) is 1.77. The number of ether oxygens (including phenoxy) is 1. The fourth-order valence-corrected chi connectivity index (χ4v) is 2.12. The molecule has 1 aromatic carbocycles. The Bertz CT molecular complexity index is 477. The first-order valence-corrected chi connectivity index (χ1v) is 5.77.